The molecule has 0 bridgehead atoms. The van der Waals surface area contributed by atoms with E-state index in [9.17, 15) is 0 Å². The van der Waals surface area contributed by atoms with Crippen LogP contribution >= 0.6 is 0 Å². The zero-order chi connectivity index (χ0) is 33.2. The van der Waals surface area contributed by atoms with Crippen LogP contribution in [0.5, 0.6) is 11.5 Å². The molecule has 0 unspecified atom stereocenters. The van der Waals surface area contributed by atoms with Gasteiger partial charge in [-0.25, -0.2) is 19.9 Å². The lowest BCUT2D eigenvalue weighted by atomic mass is 10.0. The molecule has 0 amide bonds. The number of ether oxygens (including phenoxy) is 2. The van der Waals surface area contributed by atoms with E-state index in [-0.39, 0.29) is 0 Å². The molecule has 2 aromatic heterocycles. The van der Waals surface area contributed by atoms with Crippen molar-refractivity contribution in [3.63, 3.8) is 0 Å². The van der Waals surface area contributed by atoms with E-state index in [1.807, 2.05) is 85.5 Å². The Balaban J connectivity index is 1.45. The molecular weight excluding hydrogens is 592 g/mol. The second-order valence-electron chi connectivity index (χ2n) is 12.4. The third kappa shape index (κ3) is 10.2. The molecule has 5 aromatic rings. The lowest BCUT2D eigenvalue weighted by Gasteiger charge is -2.18. The molecule has 0 aliphatic carbocycles. The van der Waals surface area contributed by atoms with Crippen LogP contribution in [0.4, 0.5) is 0 Å². The Labute approximate surface area is 287 Å². The lowest BCUT2D eigenvalue weighted by Crippen LogP contribution is -2.04. The molecule has 3 aromatic carbocycles. The van der Waals surface area contributed by atoms with Crippen LogP contribution in [0.25, 0.3) is 45.0 Å². The topological polar surface area (TPSA) is 70.0 Å². The maximum absolute atomic E-state index is 6.55. The van der Waals surface area contributed by atoms with Crippen molar-refractivity contribution in [2.75, 3.05) is 13.2 Å². The van der Waals surface area contributed by atoms with Crippen molar-refractivity contribution < 1.29 is 9.47 Å². The molecule has 0 aliphatic rings. The summed E-state index contributed by atoms with van der Waals surface area (Å²) < 4.78 is 13.1. The minimum Gasteiger partial charge on any atom is -0.493 e. The Morgan fingerprint density at radius 1 is 0.417 bits per heavy atom. The van der Waals surface area contributed by atoms with Crippen LogP contribution in [0.2, 0.25) is 0 Å². The Bertz CT molecular complexity index is 1500. The van der Waals surface area contributed by atoms with Crippen molar-refractivity contribution in [3.8, 4) is 56.5 Å². The summed E-state index contributed by atoms with van der Waals surface area (Å²) in [7, 11) is 0. The zero-order valence-electron chi connectivity index (χ0n) is 28.7. The monoisotopic (exact) mass is 642 g/mol. The van der Waals surface area contributed by atoms with Gasteiger partial charge >= 0.3 is 0 Å². The molecule has 250 valence electrons. The van der Waals surface area contributed by atoms with Crippen molar-refractivity contribution in [1.29, 1.82) is 0 Å². The molecule has 5 rings (SSSR count). The third-order valence-corrected chi connectivity index (χ3v) is 8.58. The fourth-order valence-corrected chi connectivity index (χ4v) is 5.79. The molecule has 0 saturated carbocycles. The van der Waals surface area contributed by atoms with Gasteiger partial charge in [0.05, 0.1) is 13.2 Å². The molecule has 0 saturated heterocycles. The second-order valence-corrected chi connectivity index (χ2v) is 12.4. The van der Waals surface area contributed by atoms with Crippen LogP contribution in [-0.4, -0.2) is 33.1 Å². The van der Waals surface area contributed by atoms with Gasteiger partial charge in [0.2, 0.25) is 0 Å². The molecule has 0 fully saturated rings. The number of nitrogens with zero attached hydrogens (tertiary/aromatic N) is 4. The molecule has 48 heavy (non-hydrogen) atoms. The van der Waals surface area contributed by atoms with E-state index < -0.39 is 0 Å². The highest BCUT2D eigenvalue weighted by atomic mass is 16.5. The van der Waals surface area contributed by atoms with Gasteiger partial charge in [-0.15, -0.1) is 0 Å². The van der Waals surface area contributed by atoms with E-state index in [4.69, 9.17) is 29.4 Å². The first-order valence-corrected chi connectivity index (χ1v) is 18.0. The summed E-state index contributed by atoms with van der Waals surface area (Å²) in [5.41, 5.74) is 5.59. The minimum absolute atomic E-state index is 0.642. The van der Waals surface area contributed by atoms with Gasteiger partial charge < -0.3 is 9.47 Å². The minimum atomic E-state index is 0.642. The van der Waals surface area contributed by atoms with E-state index in [2.05, 4.69) is 26.0 Å². The summed E-state index contributed by atoms with van der Waals surface area (Å²) in [4.78, 5) is 18.9. The summed E-state index contributed by atoms with van der Waals surface area (Å²) >= 11 is 0. The third-order valence-electron chi connectivity index (χ3n) is 8.58. The number of benzene rings is 3. The maximum atomic E-state index is 6.55. The van der Waals surface area contributed by atoms with Crippen molar-refractivity contribution in [3.05, 3.63) is 97.6 Å². The van der Waals surface area contributed by atoms with E-state index in [0.717, 1.165) is 70.6 Å². The molecular formula is C42H50N4O2. The highest BCUT2D eigenvalue weighted by Gasteiger charge is 2.18. The quantitative estimate of drug-likeness (QED) is 0.0787. The van der Waals surface area contributed by atoms with Gasteiger partial charge in [-0.05, 0) is 25.0 Å². The SMILES string of the molecule is CCCCCCCCOc1cc(-c2cnc(-c3ccccc3)nc2)c(OCCCCCCCC)cc1-c1cnc(-c2ccccc2)nc1. The van der Waals surface area contributed by atoms with Crippen molar-refractivity contribution in [2.45, 2.75) is 90.9 Å². The number of hydrogen-bond donors (Lipinski definition) is 0. The number of hydrogen-bond acceptors (Lipinski definition) is 6. The Hall–Kier alpha value is -4.58. The molecule has 6 nitrogen and oxygen atoms in total. The van der Waals surface area contributed by atoms with Crippen LogP contribution in [0.3, 0.4) is 0 Å². The molecule has 0 atom stereocenters. The van der Waals surface area contributed by atoms with Crippen molar-refractivity contribution in [1.82, 2.24) is 19.9 Å². The fourth-order valence-electron chi connectivity index (χ4n) is 5.79. The van der Waals surface area contributed by atoms with Gasteiger partial charge in [-0.2, -0.15) is 0 Å². The standard InChI is InChI=1S/C42H50N4O2/c1-3-5-7-9-11-19-25-47-39-27-38(36-31-45-42(46-32-36)34-23-17-14-18-24-34)40(48-26-20-12-10-8-6-4-2)28-37(39)35-29-43-41(44-30-35)33-21-15-13-16-22-33/h13-18,21-24,27-32H,3-12,19-20,25-26H2,1-2H3. The average molecular weight is 643 g/mol. The average Bonchev–Trinajstić information content (AvgIpc) is 3.15. The summed E-state index contributed by atoms with van der Waals surface area (Å²) in [6, 6.07) is 24.3. The van der Waals surface area contributed by atoms with Gasteiger partial charge in [0.1, 0.15) is 11.5 Å². The normalized spacial score (nSPS) is 11.0. The van der Waals surface area contributed by atoms with Crippen LogP contribution in [0.15, 0.2) is 97.6 Å². The molecule has 6 heteroatoms. The second kappa shape index (κ2) is 19.3. The van der Waals surface area contributed by atoms with Gasteiger partial charge in [-0.3, -0.25) is 0 Å². The zero-order valence-corrected chi connectivity index (χ0v) is 28.7. The number of aromatic nitrogens is 4. The molecule has 0 aliphatic heterocycles. The van der Waals surface area contributed by atoms with E-state index >= 15 is 0 Å². The van der Waals surface area contributed by atoms with E-state index in [0.29, 0.717) is 24.9 Å². The first-order chi connectivity index (χ1) is 23.8. The smallest absolute Gasteiger partial charge is 0.159 e. The summed E-state index contributed by atoms with van der Waals surface area (Å²) in [5, 5.41) is 0. The van der Waals surface area contributed by atoms with E-state index in [1.165, 1.54) is 51.4 Å². The molecule has 0 spiro atoms. The fraction of sp³-hybridized carbons (Fsp3) is 0.381. The molecule has 2 heterocycles. The number of rotatable bonds is 20. The molecule has 0 N–H and O–H groups in total. The van der Waals surface area contributed by atoms with Gasteiger partial charge in [0, 0.05) is 58.2 Å². The first kappa shape index (κ1) is 34.7. The molecule has 0 radical (unpaired) electrons. The number of unbranched alkanes of at least 4 members (excludes halogenated alkanes) is 10. The van der Waals surface area contributed by atoms with Crippen molar-refractivity contribution in [2.24, 2.45) is 0 Å². The van der Waals surface area contributed by atoms with Crippen LogP contribution in [0.1, 0.15) is 90.9 Å². The highest BCUT2D eigenvalue weighted by molar-refractivity contribution is 5.81. The highest BCUT2D eigenvalue weighted by Crippen LogP contribution is 2.41. The van der Waals surface area contributed by atoms with E-state index in [1.54, 1.807) is 0 Å². The summed E-state index contributed by atoms with van der Waals surface area (Å²) in [5.74, 6) is 2.96. The Morgan fingerprint density at radius 3 is 1.15 bits per heavy atom. The predicted molar refractivity (Wildman–Crippen MR) is 197 cm³/mol. The summed E-state index contributed by atoms with van der Waals surface area (Å²) in [6.07, 6.45) is 22.0. The maximum Gasteiger partial charge on any atom is 0.159 e. The van der Waals surface area contributed by atoms with Gasteiger partial charge in [0.25, 0.3) is 0 Å². The summed E-state index contributed by atoms with van der Waals surface area (Å²) in [6.45, 7) is 5.78. The first-order valence-electron chi connectivity index (χ1n) is 18.0. The Morgan fingerprint density at radius 2 is 0.771 bits per heavy atom. The predicted octanol–water partition coefficient (Wildman–Crippen LogP) is 11.4. The van der Waals surface area contributed by atoms with Crippen LogP contribution < -0.4 is 9.47 Å². The van der Waals surface area contributed by atoms with Gasteiger partial charge in [0.15, 0.2) is 11.6 Å². The van der Waals surface area contributed by atoms with Crippen molar-refractivity contribution >= 4 is 0 Å². The largest absolute Gasteiger partial charge is 0.493 e. The van der Waals surface area contributed by atoms with Crippen LogP contribution in [0, 0.1) is 0 Å². The lowest BCUT2D eigenvalue weighted by molar-refractivity contribution is 0.298. The van der Waals surface area contributed by atoms with Crippen LogP contribution in [-0.2, 0) is 0 Å². The Kier molecular flexibility index (Phi) is 14.0. The van der Waals surface area contributed by atoms with Gasteiger partial charge in [-0.1, -0.05) is 139 Å².